The number of hydrogen-bond acceptors (Lipinski definition) is 6. The van der Waals surface area contributed by atoms with E-state index in [0.29, 0.717) is 15.5 Å². The number of ether oxygens (including phenoxy) is 1. The number of aromatic nitrogens is 3. The van der Waals surface area contributed by atoms with Gasteiger partial charge in [0.15, 0.2) is 6.23 Å². The first-order valence-electron chi connectivity index (χ1n) is 8.94. The summed E-state index contributed by atoms with van der Waals surface area (Å²) in [4.78, 5) is 8.25. The van der Waals surface area contributed by atoms with Crippen LogP contribution in [0.25, 0.3) is 11.0 Å². The molecular weight excluding hydrogens is 411 g/mol. The molecule has 11 heteroatoms. The molecule has 2 aromatic heterocycles. The summed E-state index contributed by atoms with van der Waals surface area (Å²) in [6, 6.07) is 0. The van der Waals surface area contributed by atoms with E-state index in [0.717, 1.165) is 0 Å². The van der Waals surface area contributed by atoms with Crippen molar-refractivity contribution in [1.82, 2.24) is 14.5 Å². The number of nitrogens with zero attached hydrogens (tertiary/aromatic N) is 3. The van der Waals surface area contributed by atoms with Gasteiger partial charge in [0.2, 0.25) is 0 Å². The molecule has 0 aromatic carbocycles. The van der Waals surface area contributed by atoms with Gasteiger partial charge < -0.3 is 23.7 Å². The Labute approximate surface area is 163 Å². The Morgan fingerprint density at radius 1 is 1.52 bits per heavy atom. The first kappa shape index (κ1) is 16.5. The zero-order valence-corrected chi connectivity index (χ0v) is 16.4. The summed E-state index contributed by atoms with van der Waals surface area (Å²) in [7, 11) is -1.62. The monoisotopic (exact) mass is 431 g/mol. The fourth-order valence-electron chi connectivity index (χ4n) is 3.11. The SMILES string of the molecule is [2H]B(C)OC[C@H]1O[C@@H](n2cc(Br)c3c(Cl)ncnc32)C(C)(O)[C@@H]1OB([2H])C. The first-order valence-corrected chi connectivity index (χ1v) is 8.96. The lowest BCUT2D eigenvalue weighted by Crippen LogP contribution is -2.46. The lowest BCUT2D eigenvalue weighted by Gasteiger charge is -2.30. The highest BCUT2D eigenvalue weighted by Gasteiger charge is 2.54. The minimum Gasteiger partial charge on any atom is -0.437 e. The van der Waals surface area contributed by atoms with Gasteiger partial charge in [-0.3, -0.25) is 0 Å². The van der Waals surface area contributed by atoms with E-state index in [2.05, 4.69) is 25.9 Å². The van der Waals surface area contributed by atoms with Crippen molar-refractivity contribution in [3.63, 3.8) is 0 Å². The van der Waals surface area contributed by atoms with Crippen molar-refractivity contribution in [2.24, 2.45) is 0 Å². The minimum absolute atomic E-state index is 0.0464. The third-order valence-corrected chi connectivity index (χ3v) is 5.08. The molecule has 1 aliphatic rings. The van der Waals surface area contributed by atoms with Crippen LogP contribution in [0, 0.1) is 0 Å². The predicted molar refractivity (Wildman–Crippen MR) is 102 cm³/mol. The second kappa shape index (κ2) is 7.54. The molecule has 4 atom stereocenters. The Morgan fingerprint density at radius 2 is 2.28 bits per heavy atom. The Hall–Kier alpha value is -0.640. The lowest BCUT2D eigenvalue weighted by molar-refractivity contribution is -0.0916. The van der Waals surface area contributed by atoms with Crippen LogP contribution in [0.1, 0.15) is 13.2 Å². The van der Waals surface area contributed by atoms with Gasteiger partial charge in [-0.15, -0.1) is 0 Å². The van der Waals surface area contributed by atoms with Crippen LogP contribution in [-0.4, -0.2) is 61.6 Å². The zero-order valence-electron chi connectivity index (χ0n) is 16.0. The highest BCUT2D eigenvalue weighted by Crippen LogP contribution is 2.43. The van der Waals surface area contributed by atoms with Crippen molar-refractivity contribution >= 4 is 53.5 Å². The van der Waals surface area contributed by atoms with E-state index in [9.17, 15) is 5.11 Å². The molecule has 0 amide bonds. The smallest absolute Gasteiger partial charge is 0.272 e. The zero-order chi connectivity index (χ0) is 19.9. The highest BCUT2D eigenvalue weighted by molar-refractivity contribution is 9.10. The van der Waals surface area contributed by atoms with Gasteiger partial charge in [0.05, 0.1) is 12.0 Å². The maximum Gasteiger partial charge on any atom is 0.272 e. The second-order valence-electron chi connectivity index (χ2n) is 5.86. The highest BCUT2D eigenvalue weighted by atomic mass is 79.9. The van der Waals surface area contributed by atoms with Gasteiger partial charge in [-0.25, -0.2) is 9.97 Å². The molecule has 1 fully saturated rings. The molecule has 134 valence electrons. The summed E-state index contributed by atoms with van der Waals surface area (Å²) in [5.74, 6) is 0. The third kappa shape index (κ3) is 3.36. The third-order valence-electron chi connectivity index (χ3n) is 4.20. The average Bonchev–Trinajstić information content (AvgIpc) is 3.01. The molecular formula is C14H19B2BrClN3O4. The summed E-state index contributed by atoms with van der Waals surface area (Å²) in [6.45, 7) is 4.77. The molecule has 25 heavy (non-hydrogen) atoms. The van der Waals surface area contributed by atoms with E-state index >= 15 is 0 Å². The standard InChI is InChI=1S/C14H19B2BrClN3O4/c1-14(22)10(25-16-3)8(5-23-15-2)24-13(14)21-4-7(17)9-11(18)19-6-20-12(9)21/h4,6,8,10,13,15-16,22H,5H2,1-3H3/t8-,10-,13-,14?/m1/s1/i15D,16D. The van der Waals surface area contributed by atoms with Crippen molar-refractivity contribution in [3.05, 3.63) is 22.1 Å². The quantitative estimate of drug-likeness (QED) is 0.553. The van der Waals surface area contributed by atoms with Gasteiger partial charge >= 0.3 is 0 Å². The molecule has 3 rings (SSSR count). The molecule has 0 aliphatic carbocycles. The number of halogens is 2. The molecule has 0 radical (unpaired) electrons. The molecule has 0 bridgehead atoms. The molecule has 1 aliphatic heterocycles. The van der Waals surface area contributed by atoms with Crippen LogP contribution in [0.4, 0.5) is 0 Å². The van der Waals surface area contributed by atoms with Crippen molar-refractivity contribution < 1.29 is 19.2 Å². The second-order valence-corrected chi connectivity index (χ2v) is 7.07. The van der Waals surface area contributed by atoms with Crippen LogP contribution >= 0.6 is 27.5 Å². The summed E-state index contributed by atoms with van der Waals surface area (Å²) in [6.07, 6.45) is 0.679. The van der Waals surface area contributed by atoms with E-state index in [1.165, 1.54) is 6.33 Å². The van der Waals surface area contributed by atoms with Crippen LogP contribution in [0.5, 0.6) is 0 Å². The summed E-state index contributed by atoms with van der Waals surface area (Å²) in [5, 5.41) is 12.1. The van der Waals surface area contributed by atoms with Crippen LogP contribution in [0.15, 0.2) is 17.0 Å². The lowest BCUT2D eigenvalue weighted by atomic mass is 9.93. The summed E-state index contributed by atoms with van der Waals surface area (Å²) >= 11 is 9.62. The van der Waals surface area contributed by atoms with Crippen LogP contribution < -0.4 is 0 Å². The van der Waals surface area contributed by atoms with Crippen molar-refractivity contribution in [3.8, 4) is 0 Å². The first-order chi connectivity index (χ1) is 12.6. The maximum atomic E-state index is 11.2. The van der Waals surface area contributed by atoms with E-state index in [1.807, 2.05) is 0 Å². The van der Waals surface area contributed by atoms with Crippen LogP contribution in [0.2, 0.25) is 18.8 Å². The fraction of sp³-hybridized carbons (Fsp3) is 0.571. The van der Waals surface area contributed by atoms with Crippen LogP contribution in [0.3, 0.4) is 0 Å². The van der Waals surface area contributed by atoms with E-state index in [-0.39, 0.29) is 11.8 Å². The Bertz CT molecular complexity index is 829. The Kier molecular flexibility index (Phi) is 4.98. The van der Waals surface area contributed by atoms with Crippen molar-refractivity contribution in [2.75, 3.05) is 6.61 Å². The molecule has 1 saturated heterocycles. The van der Waals surface area contributed by atoms with Crippen molar-refractivity contribution in [2.45, 2.75) is 44.6 Å². The minimum atomic E-state index is -1.49. The molecule has 3 heterocycles. The van der Waals surface area contributed by atoms with Crippen molar-refractivity contribution in [1.29, 1.82) is 2.67 Å². The normalized spacial score (nSPS) is 30.4. The van der Waals surface area contributed by atoms with Gasteiger partial charge in [-0.05, 0) is 22.9 Å². The number of aliphatic hydroxyl groups is 1. The largest absolute Gasteiger partial charge is 0.437 e. The van der Waals surface area contributed by atoms with Gasteiger partial charge in [0, 0.05) is 13.3 Å². The van der Waals surface area contributed by atoms with Crippen LogP contribution in [-0.2, 0) is 14.0 Å². The Morgan fingerprint density at radius 3 is 2.96 bits per heavy atom. The fourth-order valence-corrected chi connectivity index (χ4v) is 4.04. The molecule has 0 saturated carbocycles. The van der Waals surface area contributed by atoms with Gasteiger partial charge in [-0.1, -0.05) is 25.2 Å². The number of rotatable bonds is 6. The Balaban J connectivity index is 2.01. The molecule has 0 spiro atoms. The number of hydrogen-bond donors (Lipinski definition) is 1. The molecule has 7 nitrogen and oxygen atoms in total. The van der Waals surface area contributed by atoms with Gasteiger partial charge in [0.25, 0.3) is 14.9 Å². The molecule has 1 N–H and O–H groups in total. The predicted octanol–water partition coefficient (Wildman–Crippen LogP) is 1.70. The summed E-state index contributed by atoms with van der Waals surface area (Å²) < 4.78 is 34.6. The number of fused-ring (bicyclic) bond motifs is 1. The topological polar surface area (TPSA) is 78.6 Å². The van der Waals surface area contributed by atoms with Gasteiger partial charge in [0.1, 0.15) is 34.9 Å². The van der Waals surface area contributed by atoms with E-state index in [4.69, 9.17) is 28.3 Å². The summed E-state index contributed by atoms with van der Waals surface area (Å²) in [5.41, 5.74) is -1.00. The molecule has 2 aromatic rings. The maximum absolute atomic E-state index is 11.2. The molecule has 1 unspecified atom stereocenters. The van der Waals surface area contributed by atoms with E-state index < -0.39 is 38.9 Å². The average molecular weight is 432 g/mol. The van der Waals surface area contributed by atoms with Gasteiger partial charge in [-0.2, -0.15) is 0 Å². The van der Waals surface area contributed by atoms with E-state index in [1.54, 1.807) is 31.3 Å².